The molecule has 1 aromatic heterocycles. The zero-order valence-corrected chi connectivity index (χ0v) is 19.7. The highest BCUT2D eigenvalue weighted by Crippen LogP contribution is 2.29. The molecule has 1 saturated carbocycles. The number of carbonyl (C=O) groups excluding carboxylic acids is 2. The van der Waals surface area contributed by atoms with Crippen molar-refractivity contribution in [3.05, 3.63) is 29.5 Å². The van der Waals surface area contributed by atoms with Gasteiger partial charge in [0, 0.05) is 62.3 Å². The molecule has 1 aliphatic carbocycles. The van der Waals surface area contributed by atoms with E-state index in [2.05, 4.69) is 5.10 Å². The van der Waals surface area contributed by atoms with E-state index < -0.39 is 5.60 Å². The molecule has 1 amide bonds. The standard InChI is InChI=1S/C25H35N3O4/c1-17-10-22-20(11-21(17)23(29)6-5-9-31-16-18-7-8-18)15-28(26-22)14-19-12-27(13-19)24(30)32-25(2,3)4/h10-11,15,18-19H,5-9,12-14,16H2,1-4H3. The van der Waals surface area contributed by atoms with Crippen LogP contribution in [-0.4, -0.2) is 58.5 Å². The molecule has 0 atom stereocenters. The number of hydrogen-bond acceptors (Lipinski definition) is 5. The smallest absolute Gasteiger partial charge is 0.410 e. The van der Waals surface area contributed by atoms with E-state index in [1.54, 1.807) is 4.90 Å². The first-order chi connectivity index (χ1) is 15.2. The molecule has 0 spiro atoms. The van der Waals surface area contributed by atoms with Gasteiger partial charge in [0.25, 0.3) is 0 Å². The Morgan fingerprint density at radius 3 is 2.59 bits per heavy atom. The van der Waals surface area contributed by atoms with Crippen molar-refractivity contribution in [2.24, 2.45) is 11.8 Å². The van der Waals surface area contributed by atoms with E-state index in [0.717, 1.165) is 47.5 Å². The highest BCUT2D eigenvalue weighted by Gasteiger charge is 2.34. The molecule has 0 unspecified atom stereocenters. The second-order valence-electron chi connectivity index (χ2n) is 10.4. The summed E-state index contributed by atoms with van der Waals surface area (Å²) in [5.74, 6) is 1.28. The molecule has 4 rings (SSSR count). The number of rotatable bonds is 9. The molecule has 32 heavy (non-hydrogen) atoms. The number of amides is 1. The average Bonchev–Trinajstić information content (AvgIpc) is 3.40. The summed E-state index contributed by atoms with van der Waals surface area (Å²) < 4.78 is 13.0. The summed E-state index contributed by atoms with van der Waals surface area (Å²) in [5.41, 5.74) is 2.17. The van der Waals surface area contributed by atoms with Crippen molar-refractivity contribution >= 4 is 22.8 Å². The second-order valence-corrected chi connectivity index (χ2v) is 10.4. The van der Waals surface area contributed by atoms with Crippen molar-refractivity contribution in [2.45, 2.75) is 65.5 Å². The number of benzene rings is 1. The maximum Gasteiger partial charge on any atom is 0.410 e. The highest BCUT2D eigenvalue weighted by atomic mass is 16.6. The molecule has 7 heteroatoms. The fourth-order valence-electron chi connectivity index (χ4n) is 4.05. The summed E-state index contributed by atoms with van der Waals surface area (Å²) in [6, 6.07) is 3.96. The number of fused-ring (bicyclic) bond motifs is 1. The third-order valence-corrected chi connectivity index (χ3v) is 6.00. The second kappa shape index (κ2) is 9.22. The fraction of sp³-hybridized carbons (Fsp3) is 0.640. The minimum Gasteiger partial charge on any atom is -0.444 e. The number of Topliss-reactive ketones (excluding diaryl/α,β-unsaturated/α-hetero) is 1. The van der Waals surface area contributed by atoms with Gasteiger partial charge in [-0.05, 0) is 70.6 Å². The summed E-state index contributed by atoms with van der Waals surface area (Å²) in [6.07, 6.45) is 5.59. The zero-order chi connectivity index (χ0) is 22.9. The van der Waals surface area contributed by atoms with Crippen molar-refractivity contribution in [3.63, 3.8) is 0 Å². The molecule has 1 aromatic carbocycles. The molecule has 174 valence electrons. The van der Waals surface area contributed by atoms with Gasteiger partial charge in [-0.1, -0.05) is 0 Å². The van der Waals surface area contributed by atoms with Gasteiger partial charge in [-0.3, -0.25) is 9.48 Å². The van der Waals surface area contributed by atoms with Crippen LogP contribution in [0.1, 0.15) is 62.4 Å². The number of aryl methyl sites for hydroxylation is 1. The number of likely N-dealkylation sites (tertiary alicyclic amines) is 1. The molecule has 1 aliphatic heterocycles. The van der Waals surface area contributed by atoms with Crippen LogP contribution in [0.4, 0.5) is 4.79 Å². The van der Waals surface area contributed by atoms with E-state index >= 15 is 0 Å². The molecule has 7 nitrogen and oxygen atoms in total. The van der Waals surface area contributed by atoms with Crippen LogP contribution in [0.3, 0.4) is 0 Å². The van der Waals surface area contributed by atoms with Crippen LogP contribution in [0.25, 0.3) is 10.9 Å². The Morgan fingerprint density at radius 1 is 1.16 bits per heavy atom. The van der Waals surface area contributed by atoms with Gasteiger partial charge in [0.1, 0.15) is 5.60 Å². The summed E-state index contributed by atoms with van der Waals surface area (Å²) in [6.45, 7) is 11.2. The number of ether oxygens (including phenoxy) is 2. The largest absolute Gasteiger partial charge is 0.444 e. The van der Waals surface area contributed by atoms with Gasteiger partial charge in [-0.2, -0.15) is 5.10 Å². The lowest BCUT2D eigenvalue weighted by atomic mass is 10.00. The van der Waals surface area contributed by atoms with Gasteiger partial charge >= 0.3 is 6.09 Å². The summed E-state index contributed by atoms with van der Waals surface area (Å²) in [5, 5.41) is 5.66. The molecule has 1 saturated heterocycles. The molecule has 0 radical (unpaired) electrons. The maximum atomic E-state index is 12.7. The lowest BCUT2D eigenvalue weighted by Crippen LogP contribution is -2.52. The fourth-order valence-corrected chi connectivity index (χ4v) is 4.05. The number of hydrogen-bond donors (Lipinski definition) is 0. The van der Waals surface area contributed by atoms with Crippen LogP contribution in [0.2, 0.25) is 0 Å². The first-order valence-electron chi connectivity index (χ1n) is 11.7. The first-order valence-corrected chi connectivity index (χ1v) is 11.7. The van der Waals surface area contributed by atoms with Crippen molar-refractivity contribution < 1.29 is 19.1 Å². The van der Waals surface area contributed by atoms with E-state index in [1.807, 2.05) is 50.7 Å². The Kier molecular flexibility index (Phi) is 6.56. The molecule has 2 heterocycles. The van der Waals surface area contributed by atoms with Crippen molar-refractivity contribution in [2.75, 3.05) is 26.3 Å². The molecule has 2 aromatic rings. The SMILES string of the molecule is Cc1cc2nn(CC3CN(C(=O)OC(C)(C)C)C3)cc2cc1C(=O)CCCOCC1CC1. The van der Waals surface area contributed by atoms with E-state index in [0.29, 0.717) is 32.0 Å². The average molecular weight is 442 g/mol. The van der Waals surface area contributed by atoms with Crippen molar-refractivity contribution in [3.8, 4) is 0 Å². The number of ketones is 1. The van der Waals surface area contributed by atoms with Crippen LogP contribution < -0.4 is 0 Å². The molecule has 0 bridgehead atoms. The van der Waals surface area contributed by atoms with Crippen LogP contribution >= 0.6 is 0 Å². The normalized spacial score (nSPS) is 16.9. The van der Waals surface area contributed by atoms with Gasteiger partial charge in [0.15, 0.2) is 5.78 Å². The van der Waals surface area contributed by atoms with Gasteiger partial charge in [-0.15, -0.1) is 0 Å². The molecule has 2 fully saturated rings. The Bertz CT molecular complexity index is 981. The summed E-state index contributed by atoms with van der Waals surface area (Å²) in [4.78, 5) is 26.6. The van der Waals surface area contributed by atoms with Crippen LogP contribution in [0.5, 0.6) is 0 Å². The van der Waals surface area contributed by atoms with Gasteiger partial charge in [0.05, 0.1) is 5.52 Å². The number of nitrogens with zero attached hydrogens (tertiary/aromatic N) is 3. The molecule has 0 N–H and O–H groups in total. The maximum absolute atomic E-state index is 12.7. The van der Waals surface area contributed by atoms with Gasteiger partial charge in [-0.25, -0.2) is 4.79 Å². The van der Waals surface area contributed by atoms with Crippen LogP contribution in [0, 0.1) is 18.8 Å². The van der Waals surface area contributed by atoms with E-state index in [9.17, 15) is 9.59 Å². The Morgan fingerprint density at radius 2 is 1.91 bits per heavy atom. The van der Waals surface area contributed by atoms with Crippen molar-refractivity contribution in [1.82, 2.24) is 14.7 Å². The third-order valence-electron chi connectivity index (χ3n) is 6.00. The van der Waals surface area contributed by atoms with E-state index in [4.69, 9.17) is 9.47 Å². The summed E-state index contributed by atoms with van der Waals surface area (Å²) >= 11 is 0. The monoisotopic (exact) mass is 441 g/mol. The van der Waals surface area contributed by atoms with E-state index in [-0.39, 0.29) is 11.9 Å². The topological polar surface area (TPSA) is 73.7 Å². The lowest BCUT2D eigenvalue weighted by Gasteiger charge is -2.39. The van der Waals surface area contributed by atoms with Gasteiger partial charge in [0.2, 0.25) is 0 Å². The van der Waals surface area contributed by atoms with Gasteiger partial charge < -0.3 is 14.4 Å². The van der Waals surface area contributed by atoms with Crippen LogP contribution in [-0.2, 0) is 16.0 Å². The summed E-state index contributed by atoms with van der Waals surface area (Å²) in [7, 11) is 0. The van der Waals surface area contributed by atoms with E-state index in [1.165, 1.54) is 12.8 Å². The first kappa shape index (κ1) is 22.8. The number of aromatic nitrogens is 2. The van der Waals surface area contributed by atoms with Crippen molar-refractivity contribution in [1.29, 1.82) is 0 Å². The molecular weight excluding hydrogens is 406 g/mol. The van der Waals surface area contributed by atoms with Crippen LogP contribution in [0.15, 0.2) is 18.3 Å². The Hall–Kier alpha value is -2.41. The highest BCUT2D eigenvalue weighted by molar-refractivity contribution is 6.00. The predicted molar refractivity (Wildman–Crippen MR) is 123 cm³/mol. The minimum atomic E-state index is -0.474. The molecular formula is C25H35N3O4. The lowest BCUT2D eigenvalue weighted by molar-refractivity contribution is -0.00381. The third kappa shape index (κ3) is 5.88. The Labute approximate surface area is 190 Å². The quantitative estimate of drug-likeness (QED) is 0.420. The number of carbonyl (C=O) groups is 2. The Balaban J connectivity index is 1.29. The minimum absolute atomic E-state index is 0.166. The zero-order valence-electron chi connectivity index (χ0n) is 19.7. The molecule has 2 aliphatic rings. The predicted octanol–water partition coefficient (Wildman–Crippen LogP) is 4.60.